The summed E-state index contributed by atoms with van der Waals surface area (Å²) < 4.78 is 5.21. The maximum Gasteiger partial charge on any atom is 0.229 e. The highest BCUT2D eigenvalue weighted by Crippen LogP contribution is 2.28. The summed E-state index contributed by atoms with van der Waals surface area (Å²) in [5.74, 6) is 2.44. The van der Waals surface area contributed by atoms with Crippen LogP contribution in [0.4, 0.5) is 0 Å². The highest BCUT2D eigenvalue weighted by molar-refractivity contribution is 4.90. The lowest BCUT2D eigenvalue weighted by atomic mass is 9.98. The summed E-state index contributed by atoms with van der Waals surface area (Å²) in [5.41, 5.74) is 0. The second kappa shape index (κ2) is 6.32. The van der Waals surface area contributed by atoms with Crippen molar-refractivity contribution in [2.24, 2.45) is 11.8 Å². The summed E-state index contributed by atoms with van der Waals surface area (Å²) in [6.07, 6.45) is 6.89. The van der Waals surface area contributed by atoms with E-state index in [2.05, 4.69) is 24.0 Å². The first-order valence-corrected chi connectivity index (χ1v) is 7.14. The van der Waals surface area contributed by atoms with Crippen LogP contribution in [-0.2, 0) is 12.8 Å². The van der Waals surface area contributed by atoms with Gasteiger partial charge in [-0.25, -0.2) is 0 Å². The van der Waals surface area contributed by atoms with Crippen molar-refractivity contribution in [3.63, 3.8) is 0 Å². The molecule has 0 spiro atoms. The van der Waals surface area contributed by atoms with E-state index in [-0.39, 0.29) is 6.10 Å². The predicted octanol–water partition coefficient (Wildman–Crippen LogP) is 2.75. The Kier molecular flexibility index (Phi) is 4.75. The zero-order chi connectivity index (χ0) is 13.0. The highest BCUT2D eigenvalue weighted by Gasteiger charge is 2.25. The standard InChI is InChI=1S/C14H24N2O2/c1-10(2)7-8-13-15-14(18-16-13)9-12(17)11-5-3-4-6-11/h10-12,17H,3-9H2,1-2H3. The van der Waals surface area contributed by atoms with Crippen LogP contribution in [0.1, 0.15) is 57.7 Å². The van der Waals surface area contributed by atoms with Gasteiger partial charge >= 0.3 is 0 Å². The molecule has 102 valence electrons. The largest absolute Gasteiger partial charge is 0.392 e. The molecule has 4 heteroatoms. The summed E-state index contributed by atoms with van der Waals surface area (Å²) in [4.78, 5) is 4.36. The Morgan fingerprint density at radius 1 is 1.33 bits per heavy atom. The van der Waals surface area contributed by atoms with Gasteiger partial charge in [-0.05, 0) is 31.1 Å². The second-order valence-electron chi connectivity index (χ2n) is 5.85. The maximum atomic E-state index is 10.1. The van der Waals surface area contributed by atoms with Gasteiger partial charge in [0.25, 0.3) is 0 Å². The molecule has 1 unspecified atom stereocenters. The van der Waals surface area contributed by atoms with E-state index in [1.807, 2.05) is 0 Å². The lowest BCUT2D eigenvalue weighted by molar-refractivity contribution is 0.102. The second-order valence-corrected chi connectivity index (χ2v) is 5.85. The molecule has 0 aliphatic heterocycles. The molecule has 1 aliphatic carbocycles. The molecule has 1 atom stereocenters. The topological polar surface area (TPSA) is 59.2 Å². The highest BCUT2D eigenvalue weighted by atomic mass is 16.5. The molecule has 1 aromatic rings. The molecule has 0 saturated heterocycles. The van der Waals surface area contributed by atoms with Gasteiger partial charge in [0, 0.05) is 6.42 Å². The molecule has 2 rings (SSSR count). The summed E-state index contributed by atoms with van der Waals surface area (Å²) in [7, 11) is 0. The smallest absolute Gasteiger partial charge is 0.229 e. The van der Waals surface area contributed by atoms with Crippen molar-refractivity contribution in [1.82, 2.24) is 10.1 Å². The van der Waals surface area contributed by atoms with E-state index in [1.54, 1.807) is 0 Å². The first-order valence-electron chi connectivity index (χ1n) is 7.14. The van der Waals surface area contributed by atoms with Crippen LogP contribution in [0.25, 0.3) is 0 Å². The molecule has 4 nitrogen and oxygen atoms in total. The molecule has 1 heterocycles. The summed E-state index contributed by atoms with van der Waals surface area (Å²) in [6, 6.07) is 0. The first kappa shape index (κ1) is 13.5. The summed E-state index contributed by atoms with van der Waals surface area (Å²) in [6.45, 7) is 4.37. The van der Waals surface area contributed by atoms with Crippen molar-refractivity contribution in [2.75, 3.05) is 0 Å². The Hall–Kier alpha value is -0.900. The number of hydrogen-bond donors (Lipinski definition) is 1. The molecule has 0 radical (unpaired) electrons. The third kappa shape index (κ3) is 3.80. The van der Waals surface area contributed by atoms with Gasteiger partial charge in [-0.3, -0.25) is 0 Å². The molecule has 0 aromatic carbocycles. The Balaban J connectivity index is 1.82. The van der Waals surface area contributed by atoms with Crippen molar-refractivity contribution in [1.29, 1.82) is 0 Å². The van der Waals surface area contributed by atoms with Gasteiger partial charge < -0.3 is 9.63 Å². The van der Waals surface area contributed by atoms with E-state index in [1.165, 1.54) is 12.8 Å². The molecule has 1 saturated carbocycles. The molecule has 0 amide bonds. The number of aliphatic hydroxyl groups excluding tert-OH is 1. The fraction of sp³-hybridized carbons (Fsp3) is 0.857. The van der Waals surface area contributed by atoms with E-state index >= 15 is 0 Å². The Morgan fingerprint density at radius 2 is 2.06 bits per heavy atom. The molecule has 1 aliphatic rings. The van der Waals surface area contributed by atoms with Crippen molar-refractivity contribution < 1.29 is 9.63 Å². The third-order valence-corrected chi connectivity index (χ3v) is 3.78. The van der Waals surface area contributed by atoms with E-state index in [4.69, 9.17) is 4.52 Å². The Bertz CT molecular complexity index is 356. The van der Waals surface area contributed by atoms with E-state index in [9.17, 15) is 5.11 Å². The van der Waals surface area contributed by atoms with Crippen LogP contribution in [0.2, 0.25) is 0 Å². The molecule has 0 bridgehead atoms. The maximum absolute atomic E-state index is 10.1. The quantitative estimate of drug-likeness (QED) is 0.845. The fourth-order valence-corrected chi connectivity index (χ4v) is 2.58. The molecule has 18 heavy (non-hydrogen) atoms. The van der Waals surface area contributed by atoms with Gasteiger partial charge in [0.15, 0.2) is 5.82 Å². The minimum absolute atomic E-state index is 0.314. The Labute approximate surface area is 109 Å². The molecule has 1 N–H and O–H groups in total. The average Bonchev–Trinajstić information content (AvgIpc) is 2.97. The van der Waals surface area contributed by atoms with Crippen molar-refractivity contribution in [3.05, 3.63) is 11.7 Å². The van der Waals surface area contributed by atoms with Gasteiger partial charge in [0.1, 0.15) is 0 Å². The van der Waals surface area contributed by atoms with Gasteiger partial charge in [0.05, 0.1) is 12.5 Å². The number of aryl methyl sites for hydroxylation is 1. The number of aliphatic hydroxyl groups is 1. The van der Waals surface area contributed by atoms with Gasteiger partial charge in [-0.1, -0.05) is 31.8 Å². The monoisotopic (exact) mass is 252 g/mol. The number of nitrogens with zero attached hydrogens (tertiary/aromatic N) is 2. The van der Waals surface area contributed by atoms with Crippen LogP contribution in [-0.4, -0.2) is 21.4 Å². The average molecular weight is 252 g/mol. The minimum atomic E-state index is -0.314. The van der Waals surface area contributed by atoms with Crippen LogP contribution in [0.5, 0.6) is 0 Å². The van der Waals surface area contributed by atoms with E-state index in [0.29, 0.717) is 24.1 Å². The normalized spacial score (nSPS) is 18.7. The SMILES string of the molecule is CC(C)CCc1noc(CC(O)C2CCCC2)n1. The van der Waals surface area contributed by atoms with Gasteiger partial charge in [-0.15, -0.1) is 0 Å². The molecule has 1 fully saturated rings. The number of aromatic nitrogens is 2. The zero-order valence-corrected chi connectivity index (χ0v) is 11.4. The van der Waals surface area contributed by atoms with Crippen molar-refractivity contribution in [2.45, 2.75) is 64.9 Å². The summed E-state index contributed by atoms with van der Waals surface area (Å²) in [5, 5.41) is 14.1. The van der Waals surface area contributed by atoms with Crippen molar-refractivity contribution >= 4 is 0 Å². The molecular weight excluding hydrogens is 228 g/mol. The van der Waals surface area contributed by atoms with Gasteiger partial charge in [0.2, 0.25) is 5.89 Å². The zero-order valence-electron chi connectivity index (χ0n) is 11.4. The van der Waals surface area contributed by atoms with Crippen LogP contribution in [0.3, 0.4) is 0 Å². The Morgan fingerprint density at radius 3 is 2.72 bits per heavy atom. The van der Waals surface area contributed by atoms with Crippen molar-refractivity contribution in [3.8, 4) is 0 Å². The summed E-state index contributed by atoms with van der Waals surface area (Å²) >= 11 is 0. The van der Waals surface area contributed by atoms with Crippen LogP contribution in [0, 0.1) is 11.8 Å². The first-order chi connectivity index (χ1) is 8.65. The van der Waals surface area contributed by atoms with E-state index < -0.39 is 0 Å². The molecular formula is C14H24N2O2. The van der Waals surface area contributed by atoms with E-state index in [0.717, 1.165) is 31.5 Å². The predicted molar refractivity (Wildman–Crippen MR) is 69.1 cm³/mol. The third-order valence-electron chi connectivity index (χ3n) is 3.78. The van der Waals surface area contributed by atoms with Crippen LogP contribution >= 0.6 is 0 Å². The minimum Gasteiger partial charge on any atom is -0.392 e. The number of hydrogen-bond acceptors (Lipinski definition) is 4. The number of rotatable bonds is 6. The lowest BCUT2D eigenvalue weighted by Crippen LogP contribution is -2.20. The van der Waals surface area contributed by atoms with Gasteiger partial charge in [-0.2, -0.15) is 4.98 Å². The fourth-order valence-electron chi connectivity index (χ4n) is 2.58. The van der Waals surface area contributed by atoms with Crippen LogP contribution < -0.4 is 0 Å². The molecule has 1 aromatic heterocycles. The van der Waals surface area contributed by atoms with Crippen LogP contribution in [0.15, 0.2) is 4.52 Å². The lowest BCUT2D eigenvalue weighted by Gasteiger charge is -2.14.